The number of piperidine rings is 1. The highest BCUT2D eigenvalue weighted by atomic mass is 19.1. The van der Waals surface area contributed by atoms with E-state index in [4.69, 9.17) is 0 Å². The second-order valence-corrected chi connectivity index (χ2v) is 10.0. The number of carboxylic acids is 1. The molecule has 0 aliphatic carbocycles. The molecule has 1 aliphatic rings. The second-order valence-electron chi connectivity index (χ2n) is 10.0. The SMILES string of the molecule is CNc1ccn(-c2ccnc3c2cc(C(C)N2CCC(c4c(C)cc(C(=O)O)cc4F)CC2)n3C)c(=O)c1. The van der Waals surface area contributed by atoms with Crippen LogP contribution in [0.4, 0.5) is 10.1 Å². The van der Waals surface area contributed by atoms with Crippen LogP contribution in [0.2, 0.25) is 0 Å². The van der Waals surface area contributed by atoms with Crippen molar-refractivity contribution in [3.8, 4) is 5.69 Å². The van der Waals surface area contributed by atoms with Gasteiger partial charge in [0.15, 0.2) is 0 Å². The molecule has 1 aliphatic heterocycles. The van der Waals surface area contributed by atoms with Crippen LogP contribution in [0.25, 0.3) is 16.7 Å². The van der Waals surface area contributed by atoms with Gasteiger partial charge in [-0.3, -0.25) is 14.3 Å². The van der Waals surface area contributed by atoms with Crippen molar-refractivity contribution in [2.45, 2.75) is 38.6 Å². The normalized spacial score (nSPS) is 15.6. The molecule has 4 aromatic rings. The summed E-state index contributed by atoms with van der Waals surface area (Å²) in [4.78, 5) is 31.1. The summed E-state index contributed by atoms with van der Waals surface area (Å²) in [6.07, 6.45) is 5.07. The quantitative estimate of drug-likeness (QED) is 0.380. The Kier molecular flexibility index (Phi) is 6.79. The van der Waals surface area contributed by atoms with Crippen molar-refractivity contribution in [1.82, 2.24) is 19.0 Å². The molecule has 1 unspecified atom stereocenters. The van der Waals surface area contributed by atoms with Gasteiger partial charge >= 0.3 is 5.97 Å². The van der Waals surface area contributed by atoms with Crippen molar-refractivity contribution in [2.24, 2.45) is 7.05 Å². The van der Waals surface area contributed by atoms with Crippen LogP contribution in [0.5, 0.6) is 0 Å². The molecule has 8 nitrogen and oxygen atoms in total. The molecule has 4 heterocycles. The molecule has 1 aromatic carbocycles. The molecule has 0 radical (unpaired) electrons. The summed E-state index contributed by atoms with van der Waals surface area (Å²) in [5.41, 5.74) is 4.63. The molecule has 0 bridgehead atoms. The molecule has 5 rings (SSSR count). The number of likely N-dealkylation sites (tertiary alicyclic amines) is 1. The van der Waals surface area contributed by atoms with Crippen LogP contribution in [0, 0.1) is 12.7 Å². The highest BCUT2D eigenvalue weighted by Gasteiger charge is 2.29. The highest BCUT2D eigenvalue weighted by molar-refractivity contribution is 5.88. The number of benzene rings is 1. The zero-order chi connectivity index (χ0) is 27.1. The lowest BCUT2D eigenvalue weighted by molar-refractivity contribution is 0.0696. The topological polar surface area (TPSA) is 92.4 Å². The number of rotatable bonds is 6. The Labute approximate surface area is 220 Å². The van der Waals surface area contributed by atoms with E-state index in [1.54, 1.807) is 43.1 Å². The summed E-state index contributed by atoms with van der Waals surface area (Å²) in [5, 5.41) is 13.1. The van der Waals surface area contributed by atoms with Crippen molar-refractivity contribution in [3.63, 3.8) is 0 Å². The lowest BCUT2D eigenvalue weighted by Crippen LogP contribution is -2.36. The van der Waals surface area contributed by atoms with Gasteiger partial charge in [-0.1, -0.05) is 0 Å². The van der Waals surface area contributed by atoms with Gasteiger partial charge in [0.25, 0.3) is 5.56 Å². The number of carbonyl (C=O) groups is 1. The Hall–Kier alpha value is -3.98. The number of carboxylic acid groups (broad SMARTS) is 1. The van der Waals surface area contributed by atoms with Gasteiger partial charge in [-0.25, -0.2) is 14.2 Å². The zero-order valence-corrected chi connectivity index (χ0v) is 22.0. The van der Waals surface area contributed by atoms with E-state index in [1.165, 1.54) is 0 Å². The predicted octanol–water partition coefficient (Wildman–Crippen LogP) is 4.85. The largest absolute Gasteiger partial charge is 0.478 e. The Morgan fingerprint density at radius 2 is 1.92 bits per heavy atom. The molecule has 1 saturated heterocycles. The average molecular weight is 518 g/mol. The van der Waals surface area contributed by atoms with Crippen LogP contribution in [0.1, 0.15) is 58.9 Å². The van der Waals surface area contributed by atoms with Gasteiger partial charge in [0.05, 0.1) is 11.3 Å². The van der Waals surface area contributed by atoms with E-state index in [-0.39, 0.29) is 23.1 Å². The minimum Gasteiger partial charge on any atom is -0.478 e. The van der Waals surface area contributed by atoms with E-state index >= 15 is 0 Å². The van der Waals surface area contributed by atoms with Gasteiger partial charge in [0.1, 0.15) is 11.5 Å². The van der Waals surface area contributed by atoms with E-state index in [1.807, 2.05) is 19.2 Å². The van der Waals surface area contributed by atoms with Crippen molar-refractivity contribution in [2.75, 3.05) is 25.5 Å². The minimum absolute atomic E-state index is 0.0150. The number of aromatic carboxylic acids is 1. The third-order valence-corrected chi connectivity index (χ3v) is 7.91. The third kappa shape index (κ3) is 4.47. The number of pyridine rings is 2. The first-order valence-electron chi connectivity index (χ1n) is 12.8. The number of hydrogen-bond acceptors (Lipinski definition) is 5. The van der Waals surface area contributed by atoms with Gasteiger partial charge in [-0.05, 0) is 87.2 Å². The maximum Gasteiger partial charge on any atom is 0.335 e. The van der Waals surface area contributed by atoms with E-state index in [0.29, 0.717) is 11.1 Å². The number of hydrogen-bond donors (Lipinski definition) is 2. The van der Waals surface area contributed by atoms with Gasteiger partial charge < -0.3 is 15.0 Å². The lowest BCUT2D eigenvalue weighted by Gasteiger charge is -2.37. The number of halogens is 1. The summed E-state index contributed by atoms with van der Waals surface area (Å²) < 4.78 is 18.6. The summed E-state index contributed by atoms with van der Waals surface area (Å²) in [5.74, 6) is -1.50. The molecule has 9 heteroatoms. The fraction of sp³-hybridized carbons (Fsp3) is 0.345. The molecule has 198 valence electrons. The van der Waals surface area contributed by atoms with Gasteiger partial charge in [0, 0.05) is 55.4 Å². The van der Waals surface area contributed by atoms with E-state index < -0.39 is 11.8 Å². The Bertz CT molecular complexity index is 1560. The van der Waals surface area contributed by atoms with Crippen LogP contribution >= 0.6 is 0 Å². The molecule has 0 spiro atoms. The molecule has 0 amide bonds. The molecule has 1 atom stereocenters. The van der Waals surface area contributed by atoms with Gasteiger partial charge in [-0.2, -0.15) is 0 Å². The van der Waals surface area contributed by atoms with Crippen LogP contribution in [0.15, 0.2) is 53.6 Å². The van der Waals surface area contributed by atoms with E-state index in [2.05, 4.69) is 32.8 Å². The monoisotopic (exact) mass is 517 g/mol. The molecule has 1 fully saturated rings. The molecule has 3 aromatic heterocycles. The number of aromatic nitrogens is 3. The average Bonchev–Trinajstić information content (AvgIpc) is 3.24. The third-order valence-electron chi connectivity index (χ3n) is 7.91. The van der Waals surface area contributed by atoms with Crippen molar-refractivity contribution >= 4 is 22.7 Å². The Morgan fingerprint density at radius 1 is 1.18 bits per heavy atom. The summed E-state index contributed by atoms with van der Waals surface area (Å²) >= 11 is 0. The fourth-order valence-corrected chi connectivity index (χ4v) is 5.83. The van der Waals surface area contributed by atoms with Crippen LogP contribution in [-0.4, -0.2) is 50.2 Å². The fourth-order valence-electron chi connectivity index (χ4n) is 5.83. The summed E-state index contributed by atoms with van der Waals surface area (Å²) in [7, 11) is 3.78. The van der Waals surface area contributed by atoms with E-state index in [9.17, 15) is 19.1 Å². The minimum atomic E-state index is -1.12. The molecular weight excluding hydrogens is 485 g/mol. The number of nitrogens with zero attached hydrogens (tertiary/aromatic N) is 4. The molecular formula is C29H32FN5O3. The Balaban J connectivity index is 1.40. The van der Waals surface area contributed by atoms with Crippen LogP contribution in [0.3, 0.4) is 0 Å². The van der Waals surface area contributed by atoms with Crippen molar-refractivity contribution in [1.29, 1.82) is 0 Å². The predicted molar refractivity (Wildman–Crippen MR) is 146 cm³/mol. The smallest absolute Gasteiger partial charge is 0.335 e. The van der Waals surface area contributed by atoms with Gasteiger partial charge in [0.2, 0.25) is 0 Å². The van der Waals surface area contributed by atoms with Crippen molar-refractivity contribution < 1.29 is 14.3 Å². The highest BCUT2D eigenvalue weighted by Crippen LogP contribution is 2.36. The first kappa shape index (κ1) is 25.7. The van der Waals surface area contributed by atoms with Crippen LogP contribution in [-0.2, 0) is 7.05 Å². The first-order chi connectivity index (χ1) is 18.2. The number of aryl methyl sites for hydroxylation is 2. The molecule has 2 N–H and O–H groups in total. The molecule has 38 heavy (non-hydrogen) atoms. The number of fused-ring (bicyclic) bond motifs is 1. The van der Waals surface area contributed by atoms with Crippen LogP contribution < -0.4 is 10.9 Å². The van der Waals surface area contributed by atoms with Crippen molar-refractivity contribution in [3.05, 3.63) is 87.3 Å². The maximum absolute atomic E-state index is 14.9. The lowest BCUT2D eigenvalue weighted by atomic mass is 9.85. The van der Waals surface area contributed by atoms with Gasteiger partial charge in [-0.15, -0.1) is 0 Å². The zero-order valence-electron chi connectivity index (χ0n) is 22.0. The summed E-state index contributed by atoms with van der Waals surface area (Å²) in [6, 6.07) is 10.2. The number of nitrogens with one attached hydrogen (secondary N) is 1. The van der Waals surface area contributed by atoms with E-state index in [0.717, 1.165) is 60.1 Å². The second kappa shape index (κ2) is 10.1. The molecule has 0 saturated carbocycles. The Morgan fingerprint density at radius 3 is 2.55 bits per heavy atom. The first-order valence-corrected chi connectivity index (χ1v) is 12.8. The summed E-state index contributed by atoms with van der Waals surface area (Å²) in [6.45, 7) is 5.53. The maximum atomic E-state index is 14.9. The standard InChI is InChI=1S/C29H32FN5O3/c1-17-13-20(29(37)38)14-23(30)27(17)19-6-10-34(11-7-19)18(2)25-16-22-24(5-9-32-28(22)33(25)4)35-12-8-21(31-3)15-26(35)36/h5,8-9,12-16,18-19,31H,6-7,10-11H2,1-4H3,(H,37,38). The number of anilines is 1.